The lowest BCUT2D eigenvalue weighted by atomic mass is 10.2. The van der Waals surface area contributed by atoms with Crippen molar-refractivity contribution in [2.24, 2.45) is 0 Å². The van der Waals surface area contributed by atoms with Crippen LogP contribution in [0.25, 0.3) is 6.08 Å². The maximum atomic E-state index is 12.9. The van der Waals surface area contributed by atoms with E-state index in [0.717, 1.165) is 44.0 Å². The van der Waals surface area contributed by atoms with Crippen LogP contribution in [0.1, 0.15) is 24.5 Å². The summed E-state index contributed by atoms with van der Waals surface area (Å²) in [6, 6.07) is 18.2. The Balaban J connectivity index is 1.47. The van der Waals surface area contributed by atoms with E-state index >= 15 is 0 Å². The Morgan fingerprint density at radius 2 is 1.82 bits per heavy atom. The first-order valence-corrected chi connectivity index (χ1v) is 10.1. The molecular formula is C24H30N2O2. The first-order valence-electron chi connectivity index (χ1n) is 10.1. The number of aryl methyl sites for hydroxylation is 1. The van der Waals surface area contributed by atoms with Crippen molar-refractivity contribution in [2.75, 3.05) is 32.7 Å². The van der Waals surface area contributed by atoms with Gasteiger partial charge in [-0.25, -0.2) is 0 Å². The van der Waals surface area contributed by atoms with Crippen molar-refractivity contribution in [2.45, 2.75) is 26.4 Å². The fourth-order valence-electron chi connectivity index (χ4n) is 3.42. The van der Waals surface area contributed by atoms with Gasteiger partial charge >= 0.3 is 0 Å². The van der Waals surface area contributed by atoms with E-state index in [-0.39, 0.29) is 5.91 Å². The molecule has 0 N–H and O–H groups in total. The van der Waals surface area contributed by atoms with E-state index in [1.807, 2.05) is 61.2 Å². The number of hydrogen-bond donors (Lipinski definition) is 0. The van der Waals surface area contributed by atoms with Crippen LogP contribution in [0.15, 0.2) is 60.7 Å². The number of ether oxygens (including phenoxy) is 1. The lowest BCUT2D eigenvalue weighted by Gasteiger charge is -2.35. The molecule has 3 rings (SSSR count). The summed E-state index contributed by atoms with van der Waals surface area (Å²) >= 11 is 0. The summed E-state index contributed by atoms with van der Waals surface area (Å²) < 4.78 is 5.98. The van der Waals surface area contributed by atoms with Gasteiger partial charge in [0, 0.05) is 32.7 Å². The summed E-state index contributed by atoms with van der Waals surface area (Å²) in [4.78, 5) is 17.2. The van der Waals surface area contributed by atoms with Crippen LogP contribution < -0.4 is 4.74 Å². The molecule has 4 nitrogen and oxygen atoms in total. The first-order chi connectivity index (χ1) is 13.7. The Morgan fingerprint density at radius 1 is 1.07 bits per heavy atom. The molecule has 0 aliphatic carbocycles. The van der Waals surface area contributed by atoms with Crippen LogP contribution in [0.5, 0.6) is 5.75 Å². The van der Waals surface area contributed by atoms with Gasteiger partial charge in [0.1, 0.15) is 5.75 Å². The average Bonchev–Trinajstić information content (AvgIpc) is 2.73. The fraction of sp³-hybridized carbons (Fsp3) is 0.375. The Morgan fingerprint density at radius 3 is 2.50 bits per heavy atom. The number of nitrogens with zero attached hydrogens (tertiary/aromatic N) is 2. The smallest absolute Gasteiger partial charge is 0.263 e. The molecular weight excluding hydrogens is 348 g/mol. The molecule has 1 aliphatic heterocycles. The van der Waals surface area contributed by atoms with E-state index in [2.05, 4.69) is 29.2 Å². The zero-order valence-corrected chi connectivity index (χ0v) is 16.9. The molecule has 1 saturated heterocycles. The molecule has 4 heteroatoms. The van der Waals surface area contributed by atoms with Crippen molar-refractivity contribution in [1.29, 1.82) is 0 Å². The van der Waals surface area contributed by atoms with Gasteiger partial charge in [-0.05, 0) is 36.6 Å². The molecule has 1 atom stereocenters. The van der Waals surface area contributed by atoms with E-state index in [1.54, 1.807) is 0 Å². The molecule has 0 spiro atoms. The number of carbonyl (C=O) groups is 1. The largest absolute Gasteiger partial charge is 0.481 e. The third-order valence-corrected chi connectivity index (χ3v) is 5.07. The maximum absolute atomic E-state index is 12.9. The number of carbonyl (C=O) groups excluding carboxylic acids is 1. The lowest BCUT2D eigenvalue weighted by Crippen LogP contribution is -2.52. The SMILES string of the molecule is CCC(Oc1cccc(C)c1)C(=O)N1CCN(C/C=C/c2ccccc2)CC1. The van der Waals surface area contributed by atoms with Crippen LogP contribution >= 0.6 is 0 Å². The van der Waals surface area contributed by atoms with E-state index in [4.69, 9.17) is 4.74 Å². The van der Waals surface area contributed by atoms with Crippen LogP contribution in [-0.2, 0) is 4.79 Å². The molecule has 2 aromatic rings. The Hall–Kier alpha value is -2.59. The summed E-state index contributed by atoms with van der Waals surface area (Å²) in [6.45, 7) is 8.24. The standard InChI is InChI=1S/C24H30N2O2/c1-3-23(28-22-13-7-9-20(2)19-22)24(27)26-17-15-25(16-18-26)14-8-12-21-10-5-4-6-11-21/h4-13,19,23H,3,14-18H2,1-2H3/b12-8+. The number of benzene rings is 2. The Labute approximate surface area is 168 Å². The minimum atomic E-state index is -0.411. The Kier molecular flexibility index (Phi) is 7.26. The van der Waals surface area contributed by atoms with Gasteiger partial charge < -0.3 is 9.64 Å². The average molecular weight is 379 g/mol. The summed E-state index contributed by atoms with van der Waals surface area (Å²) in [5.74, 6) is 0.869. The monoisotopic (exact) mass is 378 g/mol. The first kappa shape index (κ1) is 20.2. The van der Waals surface area contributed by atoms with Gasteiger partial charge in [-0.15, -0.1) is 0 Å². The summed E-state index contributed by atoms with van der Waals surface area (Å²) in [5, 5.41) is 0. The molecule has 1 heterocycles. The van der Waals surface area contributed by atoms with Crippen molar-refractivity contribution in [3.05, 3.63) is 71.8 Å². The Bertz CT molecular complexity index is 780. The lowest BCUT2D eigenvalue weighted by molar-refractivity contribution is -0.140. The molecule has 0 saturated carbocycles. The number of hydrogen-bond acceptors (Lipinski definition) is 3. The van der Waals surface area contributed by atoms with Gasteiger partial charge in [0.05, 0.1) is 0 Å². The van der Waals surface area contributed by atoms with E-state index in [1.165, 1.54) is 5.56 Å². The van der Waals surface area contributed by atoms with Crippen molar-refractivity contribution in [3.8, 4) is 5.75 Å². The summed E-state index contributed by atoms with van der Waals surface area (Å²) in [7, 11) is 0. The van der Waals surface area contributed by atoms with Crippen LogP contribution in [0.2, 0.25) is 0 Å². The summed E-state index contributed by atoms with van der Waals surface area (Å²) in [5.41, 5.74) is 2.35. The molecule has 1 amide bonds. The molecule has 2 aromatic carbocycles. The molecule has 28 heavy (non-hydrogen) atoms. The predicted molar refractivity (Wildman–Crippen MR) is 114 cm³/mol. The van der Waals surface area contributed by atoms with Crippen molar-refractivity contribution < 1.29 is 9.53 Å². The van der Waals surface area contributed by atoms with E-state index in [0.29, 0.717) is 6.42 Å². The number of piperazine rings is 1. The minimum absolute atomic E-state index is 0.100. The van der Waals surface area contributed by atoms with Crippen molar-refractivity contribution in [3.63, 3.8) is 0 Å². The molecule has 1 fully saturated rings. The minimum Gasteiger partial charge on any atom is -0.481 e. The van der Waals surface area contributed by atoms with Gasteiger partial charge in [-0.2, -0.15) is 0 Å². The highest BCUT2D eigenvalue weighted by atomic mass is 16.5. The zero-order chi connectivity index (χ0) is 19.8. The normalized spacial score (nSPS) is 16.3. The van der Waals surface area contributed by atoms with Crippen LogP contribution in [0, 0.1) is 6.92 Å². The van der Waals surface area contributed by atoms with E-state index in [9.17, 15) is 4.79 Å². The molecule has 148 valence electrons. The number of amides is 1. The van der Waals surface area contributed by atoms with Gasteiger partial charge in [0.2, 0.25) is 0 Å². The number of rotatable bonds is 7. The zero-order valence-electron chi connectivity index (χ0n) is 16.9. The molecule has 1 aliphatic rings. The maximum Gasteiger partial charge on any atom is 0.263 e. The van der Waals surface area contributed by atoms with Gasteiger partial charge in [0.15, 0.2) is 6.10 Å². The molecule has 0 bridgehead atoms. The topological polar surface area (TPSA) is 32.8 Å². The van der Waals surface area contributed by atoms with Crippen molar-refractivity contribution in [1.82, 2.24) is 9.80 Å². The second-order valence-electron chi connectivity index (χ2n) is 7.27. The highest BCUT2D eigenvalue weighted by Gasteiger charge is 2.27. The molecule has 0 radical (unpaired) electrons. The highest BCUT2D eigenvalue weighted by Crippen LogP contribution is 2.17. The predicted octanol–water partition coefficient (Wildman–Crippen LogP) is 4.01. The van der Waals surface area contributed by atoms with Crippen molar-refractivity contribution >= 4 is 12.0 Å². The highest BCUT2D eigenvalue weighted by molar-refractivity contribution is 5.81. The van der Waals surface area contributed by atoms with Crippen LogP contribution in [0.3, 0.4) is 0 Å². The van der Waals surface area contributed by atoms with E-state index < -0.39 is 6.10 Å². The third kappa shape index (κ3) is 5.70. The van der Waals surface area contributed by atoms with Gasteiger partial charge in [-0.1, -0.05) is 61.5 Å². The fourth-order valence-corrected chi connectivity index (χ4v) is 3.42. The second-order valence-corrected chi connectivity index (χ2v) is 7.27. The van der Waals surface area contributed by atoms with Crippen LogP contribution in [0.4, 0.5) is 0 Å². The second kappa shape index (κ2) is 10.1. The van der Waals surface area contributed by atoms with Crippen LogP contribution in [-0.4, -0.2) is 54.5 Å². The van der Waals surface area contributed by atoms with Gasteiger partial charge in [0.25, 0.3) is 5.91 Å². The van der Waals surface area contributed by atoms with Gasteiger partial charge in [-0.3, -0.25) is 9.69 Å². The summed E-state index contributed by atoms with van der Waals surface area (Å²) in [6.07, 6.45) is 4.61. The quantitative estimate of drug-likeness (QED) is 0.730. The third-order valence-electron chi connectivity index (χ3n) is 5.07. The molecule has 1 unspecified atom stereocenters. The molecule has 0 aromatic heterocycles.